The molecule has 0 N–H and O–H groups in total. The Bertz CT molecular complexity index is 379. The second-order valence-electron chi connectivity index (χ2n) is 3.71. The zero-order chi connectivity index (χ0) is 13.6. The molecule has 0 radical (unpaired) electrons. The van der Waals surface area contributed by atoms with Gasteiger partial charge in [0.1, 0.15) is 0 Å². The summed E-state index contributed by atoms with van der Waals surface area (Å²) in [7, 11) is 0. The molecular weight excluding hydrogens is 362 g/mol. The maximum Gasteiger partial charge on any atom is 0.338 e. The Kier molecular flexibility index (Phi) is 6.78. The van der Waals surface area contributed by atoms with Crippen LogP contribution in [0, 0.1) is 0 Å². The summed E-state index contributed by atoms with van der Waals surface area (Å²) in [5.41, 5.74) is 0.532. The summed E-state index contributed by atoms with van der Waals surface area (Å²) < 4.78 is 3.82. The summed E-state index contributed by atoms with van der Waals surface area (Å²) >= 11 is 20.4. The van der Waals surface area contributed by atoms with E-state index in [0.717, 1.165) is 0 Å². The highest BCUT2D eigenvalue weighted by atomic mass is 79.9. The third-order valence-corrected chi connectivity index (χ3v) is 3.37. The van der Waals surface area contributed by atoms with Crippen LogP contribution in [0.2, 0.25) is 0 Å². The molecule has 1 aromatic rings. The van der Waals surface area contributed by atoms with Crippen molar-refractivity contribution in [1.29, 1.82) is 0 Å². The molecule has 1 unspecified atom stereocenters. The molecule has 0 spiro atoms. The zero-order valence-electron chi connectivity index (χ0n) is 9.41. The number of hydrogen-bond donors (Lipinski definition) is 0. The van der Waals surface area contributed by atoms with Crippen molar-refractivity contribution in [3.05, 3.63) is 35.9 Å². The molecule has 100 valence electrons. The van der Waals surface area contributed by atoms with E-state index in [4.69, 9.17) is 39.5 Å². The summed E-state index contributed by atoms with van der Waals surface area (Å²) in [6.45, 7) is 0.282. The van der Waals surface area contributed by atoms with Gasteiger partial charge in [0.15, 0.2) is 3.79 Å². The average Bonchev–Trinajstić information content (AvgIpc) is 2.27. The number of carbonyl (C=O) groups is 1. The molecule has 1 rings (SSSR count). The van der Waals surface area contributed by atoms with Gasteiger partial charge in [0.2, 0.25) is 0 Å². The predicted octanol–water partition coefficient (Wildman–Crippen LogP) is 4.76. The van der Waals surface area contributed by atoms with Crippen LogP contribution in [0.5, 0.6) is 0 Å². The number of ether oxygens (including phenoxy) is 1. The molecule has 0 aliphatic rings. The first-order valence-corrected chi connectivity index (χ1v) is 7.36. The lowest BCUT2D eigenvalue weighted by atomic mass is 10.2. The molecule has 2 nitrogen and oxygen atoms in total. The largest absolute Gasteiger partial charge is 0.462 e. The van der Waals surface area contributed by atoms with E-state index in [1.807, 2.05) is 6.07 Å². The second-order valence-corrected chi connectivity index (χ2v) is 7.52. The van der Waals surface area contributed by atoms with Crippen LogP contribution in [-0.2, 0) is 4.74 Å². The maximum atomic E-state index is 11.6. The van der Waals surface area contributed by atoms with Crippen molar-refractivity contribution in [1.82, 2.24) is 0 Å². The van der Waals surface area contributed by atoms with Gasteiger partial charge in [-0.15, -0.1) is 0 Å². The molecule has 0 aliphatic carbocycles. The van der Waals surface area contributed by atoms with E-state index in [1.165, 1.54) is 0 Å². The quantitative estimate of drug-likeness (QED) is 0.549. The lowest BCUT2D eigenvalue weighted by molar-refractivity contribution is 0.0500. The van der Waals surface area contributed by atoms with Gasteiger partial charge < -0.3 is 4.74 Å². The van der Waals surface area contributed by atoms with Crippen LogP contribution in [-0.4, -0.2) is 21.2 Å². The molecule has 0 aromatic heterocycles. The third-order valence-electron chi connectivity index (χ3n) is 2.13. The fourth-order valence-electron chi connectivity index (χ4n) is 1.29. The predicted molar refractivity (Wildman–Crippen MR) is 79.0 cm³/mol. The molecule has 0 fully saturated rings. The van der Waals surface area contributed by atoms with E-state index in [0.29, 0.717) is 18.4 Å². The summed E-state index contributed by atoms with van der Waals surface area (Å²) in [6, 6.07) is 8.82. The van der Waals surface area contributed by atoms with Gasteiger partial charge in [-0.05, 0) is 18.6 Å². The van der Waals surface area contributed by atoms with Crippen molar-refractivity contribution in [3.63, 3.8) is 0 Å². The molecule has 6 heteroatoms. The molecule has 0 heterocycles. The fraction of sp³-hybridized carbons (Fsp3) is 0.417. The molecule has 0 saturated carbocycles. The van der Waals surface area contributed by atoms with Crippen molar-refractivity contribution in [3.8, 4) is 0 Å². The van der Waals surface area contributed by atoms with Crippen molar-refractivity contribution in [2.75, 3.05) is 6.61 Å². The first-order valence-electron chi connectivity index (χ1n) is 5.31. The highest BCUT2D eigenvalue weighted by Crippen LogP contribution is 2.34. The van der Waals surface area contributed by atoms with Gasteiger partial charge in [-0.3, -0.25) is 0 Å². The lowest BCUT2D eigenvalue weighted by Crippen LogP contribution is -2.15. The van der Waals surface area contributed by atoms with Crippen molar-refractivity contribution >= 4 is 56.7 Å². The standard InChI is InChI=1S/C12H12BrCl3O2/c13-10(8-12(14,15)16)6-7-18-11(17)9-4-2-1-3-5-9/h1-5,10H,6-8H2. The van der Waals surface area contributed by atoms with Gasteiger partial charge in [0.25, 0.3) is 0 Å². The number of halogens is 4. The normalized spacial score (nSPS) is 13.1. The van der Waals surface area contributed by atoms with Gasteiger partial charge in [-0.1, -0.05) is 68.9 Å². The Labute approximate surface area is 130 Å². The minimum Gasteiger partial charge on any atom is -0.462 e. The van der Waals surface area contributed by atoms with E-state index in [2.05, 4.69) is 15.9 Å². The fourth-order valence-corrected chi connectivity index (χ4v) is 3.08. The van der Waals surface area contributed by atoms with Gasteiger partial charge in [-0.25, -0.2) is 4.79 Å². The molecule has 1 atom stereocenters. The van der Waals surface area contributed by atoms with Crippen LogP contribution < -0.4 is 0 Å². The first-order chi connectivity index (χ1) is 8.38. The third kappa shape index (κ3) is 6.83. The Morgan fingerprint density at radius 2 is 1.89 bits per heavy atom. The average molecular weight is 374 g/mol. The topological polar surface area (TPSA) is 26.3 Å². The maximum absolute atomic E-state index is 11.6. The number of alkyl halides is 4. The van der Waals surface area contributed by atoms with Crippen molar-refractivity contribution in [2.45, 2.75) is 21.5 Å². The summed E-state index contributed by atoms with van der Waals surface area (Å²) in [5, 5.41) is 0. The Morgan fingerprint density at radius 3 is 2.44 bits per heavy atom. The highest BCUT2D eigenvalue weighted by molar-refractivity contribution is 9.09. The van der Waals surface area contributed by atoms with E-state index < -0.39 is 3.79 Å². The van der Waals surface area contributed by atoms with Crippen LogP contribution >= 0.6 is 50.7 Å². The molecular formula is C12H12BrCl3O2. The minimum atomic E-state index is -1.29. The van der Waals surface area contributed by atoms with Gasteiger partial charge in [-0.2, -0.15) is 0 Å². The van der Waals surface area contributed by atoms with Crippen LogP contribution in [0.25, 0.3) is 0 Å². The Balaban J connectivity index is 2.28. The molecule has 0 bridgehead atoms. The molecule has 18 heavy (non-hydrogen) atoms. The second kappa shape index (κ2) is 7.59. The lowest BCUT2D eigenvalue weighted by Gasteiger charge is -2.15. The summed E-state index contributed by atoms with van der Waals surface area (Å²) in [6.07, 6.45) is 0.951. The molecule has 0 amide bonds. The number of rotatable bonds is 5. The zero-order valence-corrected chi connectivity index (χ0v) is 13.3. The minimum absolute atomic E-state index is 0.00595. The van der Waals surface area contributed by atoms with E-state index in [9.17, 15) is 4.79 Å². The number of carbonyl (C=O) groups excluding carboxylic acids is 1. The van der Waals surface area contributed by atoms with Crippen LogP contribution in [0.1, 0.15) is 23.2 Å². The summed E-state index contributed by atoms with van der Waals surface area (Å²) in [4.78, 5) is 11.6. The van der Waals surface area contributed by atoms with Crippen LogP contribution in [0.15, 0.2) is 30.3 Å². The van der Waals surface area contributed by atoms with Gasteiger partial charge in [0.05, 0.1) is 12.2 Å². The van der Waals surface area contributed by atoms with E-state index >= 15 is 0 Å². The molecule has 0 saturated heterocycles. The van der Waals surface area contributed by atoms with Crippen molar-refractivity contribution in [2.24, 2.45) is 0 Å². The van der Waals surface area contributed by atoms with Gasteiger partial charge in [0, 0.05) is 11.2 Å². The monoisotopic (exact) mass is 372 g/mol. The SMILES string of the molecule is O=C(OCCC(Br)CC(Cl)(Cl)Cl)c1ccccc1. The van der Waals surface area contributed by atoms with Crippen molar-refractivity contribution < 1.29 is 9.53 Å². The molecule has 1 aromatic carbocycles. The first kappa shape index (κ1) is 16.1. The van der Waals surface area contributed by atoms with Crippen LogP contribution in [0.3, 0.4) is 0 Å². The van der Waals surface area contributed by atoms with E-state index in [1.54, 1.807) is 24.3 Å². The molecule has 0 aliphatic heterocycles. The number of hydrogen-bond acceptors (Lipinski definition) is 2. The highest BCUT2D eigenvalue weighted by Gasteiger charge is 2.24. The van der Waals surface area contributed by atoms with E-state index in [-0.39, 0.29) is 17.4 Å². The Morgan fingerprint density at radius 1 is 1.28 bits per heavy atom. The van der Waals surface area contributed by atoms with Gasteiger partial charge >= 0.3 is 5.97 Å². The Hall–Kier alpha value is 0.0400. The summed E-state index contributed by atoms with van der Waals surface area (Å²) in [5.74, 6) is -0.343. The number of benzene rings is 1. The number of esters is 1. The smallest absolute Gasteiger partial charge is 0.338 e. The van der Waals surface area contributed by atoms with Crippen LogP contribution in [0.4, 0.5) is 0 Å².